The van der Waals surface area contributed by atoms with E-state index in [1.165, 1.54) is 24.0 Å². The molecule has 34 heavy (non-hydrogen) atoms. The quantitative estimate of drug-likeness (QED) is 0.475. The van der Waals surface area contributed by atoms with Gasteiger partial charge in [0.15, 0.2) is 6.23 Å². The Bertz CT molecular complexity index is 930. The average molecular weight is 477 g/mol. The molecule has 1 heterocycles. The number of alkyl carbamates (subject to hydrolysis) is 2. The highest BCUT2D eigenvalue weighted by Gasteiger charge is 2.54. The van der Waals surface area contributed by atoms with E-state index < -0.39 is 47.2 Å². The molecule has 1 aromatic carbocycles. The summed E-state index contributed by atoms with van der Waals surface area (Å²) in [6.07, 6.45) is -2.50. The summed E-state index contributed by atoms with van der Waals surface area (Å²) in [7, 11) is 0. The molecule has 188 valence electrons. The lowest BCUT2D eigenvalue weighted by atomic mass is 10.1. The van der Waals surface area contributed by atoms with Gasteiger partial charge in [-0.05, 0) is 60.6 Å². The Kier molecular flexibility index (Phi) is 7.67. The van der Waals surface area contributed by atoms with E-state index in [2.05, 4.69) is 10.6 Å². The van der Waals surface area contributed by atoms with Crippen LogP contribution >= 0.6 is 0 Å². The van der Waals surface area contributed by atoms with Crippen LogP contribution in [-0.2, 0) is 9.47 Å². The van der Waals surface area contributed by atoms with Gasteiger partial charge in [-0.15, -0.1) is 0 Å². The minimum atomic E-state index is -1.90. The molecule has 2 N–H and O–H groups in total. The van der Waals surface area contributed by atoms with Crippen molar-refractivity contribution in [3.8, 4) is 0 Å². The first kappa shape index (κ1) is 27.1. The maximum atomic E-state index is 13.3. The Balaban J connectivity index is 2.48. The van der Waals surface area contributed by atoms with Crippen molar-refractivity contribution in [1.29, 1.82) is 0 Å². The van der Waals surface area contributed by atoms with Crippen LogP contribution in [0.5, 0.6) is 0 Å². The van der Waals surface area contributed by atoms with Gasteiger partial charge in [0.25, 0.3) is 17.7 Å². The summed E-state index contributed by atoms with van der Waals surface area (Å²) in [6, 6.07) is 6.38. The molecule has 2 rings (SSSR count). The van der Waals surface area contributed by atoms with E-state index in [1.54, 1.807) is 67.5 Å². The summed E-state index contributed by atoms with van der Waals surface area (Å²) in [4.78, 5) is 54.3. The topological polar surface area (TPSA) is 117 Å². The number of hydrogen-bond acceptors (Lipinski definition) is 7. The minimum Gasteiger partial charge on any atom is -0.430 e. The van der Waals surface area contributed by atoms with Crippen LogP contribution in [0.25, 0.3) is 0 Å². The molecule has 2 unspecified atom stereocenters. The largest absolute Gasteiger partial charge is 0.430 e. The highest BCUT2D eigenvalue weighted by Crippen LogP contribution is 2.34. The van der Waals surface area contributed by atoms with Gasteiger partial charge in [0.1, 0.15) is 0 Å². The van der Waals surface area contributed by atoms with Crippen LogP contribution in [0.3, 0.4) is 0 Å². The Morgan fingerprint density at radius 2 is 1.35 bits per heavy atom. The van der Waals surface area contributed by atoms with E-state index in [-0.39, 0.29) is 17.7 Å². The molecule has 1 aromatic rings. The number of nitrogens with one attached hydrogen (secondary N) is 2. The molecule has 0 fully saturated rings. The lowest BCUT2D eigenvalue weighted by Gasteiger charge is -2.46. The van der Waals surface area contributed by atoms with Crippen molar-refractivity contribution in [2.24, 2.45) is 0 Å². The molecular weight excluding hydrogens is 440 g/mol. The Hall–Kier alpha value is -3.14. The molecule has 1 aliphatic heterocycles. The standard InChI is InChI=1S/C24H36N4O6/c1-10-27(15(2)33-20(31)25-22(3,4)5)24(9,34-21(32)26-23(6,7)8)28-18(29)16-13-11-12-14-17(16)19(28)30/h11-15H,10H2,1-9H3,(H,25,31)(H,26,32). The fourth-order valence-corrected chi connectivity index (χ4v) is 3.75. The second-order valence-electron chi connectivity index (χ2n) is 10.4. The summed E-state index contributed by atoms with van der Waals surface area (Å²) in [5.74, 6) is -3.13. The van der Waals surface area contributed by atoms with Gasteiger partial charge in [0.05, 0.1) is 11.1 Å². The average Bonchev–Trinajstić information content (AvgIpc) is 2.90. The number of hydrogen-bond donors (Lipinski definition) is 2. The SMILES string of the molecule is CCN(C(C)OC(=O)NC(C)(C)C)C(C)(OC(=O)NC(C)(C)C)N1C(=O)c2ccccc2C1=O. The Morgan fingerprint density at radius 3 is 1.76 bits per heavy atom. The van der Waals surface area contributed by atoms with Crippen molar-refractivity contribution >= 4 is 24.0 Å². The second kappa shape index (κ2) is 9.61. The van der Waals surface area contributed by atoms with E-state index >= 15 is 0 Å². The summed E-state index contributed by atoms with van der Waals surface area (Å²) in [5, 5.41) is 5.38. The van der Waals surface area contributed by atoms with Crippen LogP contribution in [-0.4, -0.2) is 63.5 Å². The predicted octanol–water partition coefficient (Wildman–Crippen LogP) is 3.67. The van der Waals surface area contributed by atoms with Crippen molar-refractivity contribution in [2.45, 2.75) is 85.5 Å². The fourth-order valence-electron chi connectivity index (χ4n) is 3.75. The van der Waals surface area contributed by atoms with Crippen molar-refractivity contribution < 1.29 is 28.7 Å². The minimum absolute atomic E-state index is 0.177. The van der Waals surface area contributed by atoms with Crippen LogP contribution in [0, 0.1) is 0 Å². The summed E-state index contributed by atoms with van der Waals surface area (Å²) >= 11 is 0. The van der Waals surface area contributed by atoms with Gasteiger partial charge in [-0.3, -0.25) is 9.59 Å². The number of carbonyl (C=O) groups excluding carboxylic acids is 4. The molecule has 0 aliphatic carbocycles. The number of carbonyl (C=O) groups is 4. The van der Waals surface area contributed by atoms with Crippen molar-refractivity contribution in [2.75, 3.05) is 6.54 Å². The molecule has 4 amide bonds. The second-order valence-corrected chi connectivity index (χ2v) is 10.4. The Morgan fingerprint density at radius 1 is 0.912 bits per heavy atom. The van der Waals surface area contributed by atoms with E-state index in [4.69, 9.17) is 9.47 Å². The molecule has 0 bridgehead atoms. The maximum Gasteiger partial charge on any atom is 0.410 e. The summed E-state index contributed by atoms with van der Waals surface area (Å²) in [5.41, 5.74) is -0.767. The van der Waals surface area contributed by atoms with Crippen LogP contribution in [0.4, 0.5) is 9.59 Å². The third-order valence-corrected chi connectivity index (χ3v) is 5.04. The third kappa shape index (κ3) is 6.05. The van der Waals surface area contributed by atoms with Gasteiger partial charge in [-0.2, -0.15) is 0 Å². The first-order valence-corrected chi connectivity index (χ1v) is 11.2. The number of rotatable bonds is 6. The molecule has 0 saturated heterocycles. The summed E-state index contributed by atoms with van der Waals surface area (Å²) < 4.78 is 11.3. The molecular formula is C24H36N4O6. The van der Waals surface area contributed by atoms with E-state index in [0.29, 0.717) is 0 Å². The van der Waals surface area contributed by atoms with Crippen LogP contribution in [0.2, 0.25) is 0 Å². The van der Waals surface area contributed by atoms with E-state index in [0.717, 1.165) is 4.90 Å². The molecule has 0 saturated carbocycles. The van der Waals surface area contributed by atoms with Crippen LogP contribution in [0.15, 0.2) is 24.3 Å². The molecule has 10 nitrogen and oxygen atoms in total. The zero-order valence-electron chi connectivity index (χ0n) is 21.4. The highest BCUT2D eigenvalue weighted by atomic mass is 16.6. The normalized spacial score (nSPS) is 16.6. The Labute approximate surface area is 200 Å². The summed E-state index contributed by atoms with van der Waals surface area (Å²) in [6.45, 7) is 15.7. The van der Waals surface area contributed by atoms with Crippen LogP contribution < -0.4 is 10.6 Å². The first-order valence-electron chi connectivity index (χ1n) is 11.2. The smallest absolute Gasteiger partial charge is 0.410 e. The number of fused-ring (bicyclic) bond motifs is 1. The van der Waals surface area contributed by atoms with Crippen LogP contribution in [0.1, 0.15) is 83.0 Å². The number of nitrogens with zero attached hydrogens (tertiary/aromatic N) is 2. The fraction of sp³-hybridized carbons (Fsp3) is 0.583. The van der Waals surface area contributed by atoms with Gasteiger partial charge >= 0.3 is 12.2 Å². The number of amides is 4. The number of benzene rings is 1. The molecule has 0 spiro atoms. The first-order chi connectivity index (χ1) is 15.5. The molecule has 0 radical (unpaired) electrons. The van der Waals surface area contributed by atoms with Crippen molar-refractivity contribution in [1.82, 2.24) is 20.4 Å². The molecule has 1 aliphatic rings. The van der Waals surface area contributed by atoms with Gasteiger partial charge < -0.3 is 20.1 Å². The zero-order valence-corrected chi connectivity index (χ0v) is 21.4. The zero-order chi connectivity index (χ0) is 26.1. The highest BCUT2D eigenvalue weighted by molar-refractivity contribution is 6.21. The molecule has 10 heteroatoms. The predicted molar refractivity (Wildman–Crippen MR) is 126 cm³/mol. The van der Waals surface area contributed by atoms with Gasteiger partial charge in [-0.25, -0.2) is 19.4 Å². The van der Waals surface area contributed by atoms with Gasteiger partial charge in [-0.1, -0.05) is 19.1 Å². The monoisotopic (exact) mass is 476 g/mol. The number of imide groups is 1. The number of ether oxygens (including phenoxy) is 2. The van der Waals surface area contributed by atoms with Gasteiger partial charge in [0, 0.05) is 24.5 Å². The van der Waals surface area contributed by atoms with Crippen molar-refractivity contribution in [3.63, 3.8) is 0 Å². The lowest BCUT2D eigenvalue weighted by Crippen LogP contribution is -2.66. The van der Waals surface area contributed by atoms with E-state index in [9.17, 15) is 19.2 Å². The van der Waals surface area contributed by atoms with E-state index in [1.807, 2.05) is 0 Å². The van der Waals surface area contributed by atoms with Gasteiger partial charge in [0.2, 0.25) is 0 Å². The maximum absolute atomic E-state index is 13.3. The van der Waals surface area contributed by atoms with Crippen molar-refractivity contribution in [3.05, 3.63) is 35.4 Å². The molecule has 2 atom stereocenters. The lowest BCUT2D eigenvalue weighted by molar-refractivity contribution is -0.210. The third-order valence-electron chi connectivity index (χ3n) is 5.04. The molecule has 0 aromatic heterocycles.